The number of rotatable bonds is 1. The average Bonchev–Trinajstić information content (AvgIpc) is 2.92. The number of carbonyl (C=O) groups excluding carboxylic acids is 2. The lowest BCUT2D eigenvalue weighted by Crippen LogP contribution is -2.60. The zero-order valence-electron chi connectivity index (χ0n) is 8.68. The molecule has 0 aromatic rings. The van der Waals surface area contributed by atoms with Crippen LogP contribution in [0.1, 0.15) is 12.8 Å². The van der Waals surface area contributed by atoms with Crippen LogP contribution < -0.4 is 0 Å². The Bertz CT molecular complexity index is 327. The summed E-state index contributed by atoms with van der Waals surface area (Å²) < 4.78 is 5.29. The highest BCUT2D eigenvalue weighted by molar-refractivity contribution is 5.99. The van der Waals surface area contributed by atoms with E-state index < -0.39 is 0 Å². The second-order valence-electron chi connectivity index (χ2n) is 4.54. The molecule has 3 fully saturated rings. The fourth-order valence-electron chi connectivity index (χ4n) is 2.41. The van der Waals surface area contributed by atoms with E-state index in [2.05, 4.69) is 0 Å². The largest absolute Gasteiger partial charge is 0.378 e. The molecule has 3 amide bonds. The predicted octanol–water partition coefficient (Wildman–Crippen LogP) is 0.0578. The average molecular weight is 210 g/mol. The minimum Gasteiger partial charge on any atom is -0.378 e. The molecule has 2 saturated heterocycles. The predicted molar refractivity (Wildman–Crippen MR) is 51.1 cm³/mol. The second-order valence-corrected chi connectivity index (χ2v) is 4.54. The van der Waals surface area contributed by atoms with Gasteiger partial charge in [0.1, 0.15) is 0 Å². The molecule has 5 heteroatoms. The van der Waals surface area contributed by atoms with E-state index in [1.807, 2.05) is 0 Å². The maximum atomic E-state index is 12.0. The summed E-state index contributed by atoms with van der Waals surface area (Å²) >= 11 is 0. The summed E-state index contributed by atoms with van der Waals surface area (Å²) in [5, 5.41) is 0. The molecule has 0 aromatic carbocycles. The Morgan fingerprint density at radius 1 is 1.27 bits per heavy atom. The maximum absolute atomic E-state index is 12.0. The highest BCUT2D eigenvalue weighted by Gasteiger charge is 2.51. The molecule has 0 bridgehead atoms. The van der Waals surface area contributed by atoms with Gasteiger partial charge < -0.3 is 9.64 Å². The van der Waals surface area contributed by atoms with Crippen molar-refractivity contribution in [2.45, 2.75) is 24.9 Å². The topological polar surface area (TPSA) is 49.9 Å². The summed E-state index contributed by atoms with van der Waals surface area (Å²) in [6, 6.07) is -0.0248. The Kier molecular flexibility index (Phi) is 1.80. The third-order valence-corrected chi connectivity index (χ3v) is 3.52. The van der Waals surface area contributed by atoms with Crippen molar-refractivity contribution < 1.29 is 14.3 Å². The second kappa shape index (κ2) is 2.95. The number of amides is 3. The van der Waals surface area contributed by atoms with Gasteiger partial charge in [-0.1, -0.05) is 0 Å². The number of carbonyl (C=O) groups is 2. The molecule has 2 heterocycles. The Balaban J connectivity index is 1.91. The molecule has 3 aliphatic rings. The number of likely N-dealkylation sites (N-methyl/N-ethyl adjacent to an activating group) is 1. The van der Waals surface area contributed by atoms with Crippen molar-refractivity contribution in [1.82, 2.24) is 9.80 Å². The molecular formula is C10H14N2O3. The molecule has 2 unspecified atom stereocenters. The standard InChI is InChI=1S/C10H14N2O3/c1-11-8-5-15-4-7(8)9(13)12(10(11)14)6-2-3-6/h6-8H,2-5H2,1H3. The van der Waals surface area contributed by atoms with Crippen LogP contribution in [0, 0.1) is 5.92 Å². The lowest BCUT2D eigenvalue weighted by Gasteiger charge is -2.39. The molecule has 1 saturated carbocycles. The van der Waals surface area contributed by atoms with Gasteiger partial charge in [0.15, 0.2) is 0 Å². The Labute approximate surface area is 88.0 Å². The molecule has 0 radical (unpaired) electrons. The summed E-state index contributed by atoms with van der Waals surface area (Å²) in [5.74, 6) is -0.156. The van der Waals surface area contributed by atoms with Gasteiger partial charge in [0.25, 0.3) is 0 Å². The number of ether oxygens (including phenoxy) is 1. The highest BCUT2D eigenvalue weighted by atomic mass is 16.5. The van der Waals surface area contributed by atoms with Crippen molar-refractivity contribution in [2.75, 3.05) is 20.3 Å². The van der Waals surface area contributed by atoms with Crippen LogP contribution in [0.4, 0.5) is 4.79 Å². The highest BCUT2D eigenvalue weighted by Crippen LogP contribution is 2.35. The summed E-state index contributed by atoms with van der Waals surface area (Å²) in [7, 11) is 1.76. The number of fused-ring (bicyclic) bond motifs is 1. The Morgan fingerprint density at radius 2 is 2.00 bits per heavy atom. The van der Waals surface area contributed by atoms with Crippen molar-refractivity contribution >= 4 is 11.9 Å². The van der Waals surface area contributed by atoms with Crippen molar-refractivity contribution in [3.8, 4) is 0 Å². The van der Waals surface area contributed by atoms with Crippen molar-refractivity contribution in [3.05, 3.63) is 0 Å². The van der Waals surface area contributed by atoms with Gasteiger partial charge in [0, 0.05) is 13.1 Å². The Hall–Kier alpha value is -1.10. The summed E-state index contributed by atoms with van der Waals surface area (Å²) in [5.41, 5.74) is 0. The van der Waals surface area contributed by atoms with Gasteiger partial charge in [-0.3, -0.25) is 9.69 Å². The first-order chi connectivity index (χ1) is 7.20. The molecule has 0 aromatic heterocycles. The molecule has 82 valence electrons. The van der Waals surface area contributed by atoms with E-state index in [-0.39, 0.29) is 29.9 Å². The van der Waals surface area contributed by atoms with E-state index in [0.29, 0.717) is 13.2 Å². The first-order valence-corrected chi connectivity index (χ1v) is 5.38. The van der Waals surface area contributed by atoms with Crippen LogP contribution in [0.15, 0.2) is 0 Å². The SMILES string of the molecule is CN1C(=O)N(C2CC2)C(=O)C2COCC21. The van der Waals surface area contributed by atoms with Crippen LogP contribution in [0.2, 0.25) is 0 Å². The van der Waals surface area contributed by atoms with E-state index in [4.69, 9.17) is 4.74 Å². The molecule has 0 spiro atoms. The lowest BCUT2D eigenvalue weighted by molar-refractivity contribution is -0.137. The van der Waals surface area contributed by atoms with Crippen LogP contribution in [0.3, 0.4) is 0 Å². The fourth-order valence-corrected chi connectivity index (χ4v) is 2.41. The van der Waals surface area contributed by atoms with E-state index in [0.717, 1.165) is 12.8 Å². The third-order valence-electron chi connectivity index (χ3n) is 3.52. The van der Waals surface area contributed by atoms with Gasteiger partial charge >= 0.3 is 6.03 Å². The minimum absolute atomic E-state index is 0.0249. The fraction of sp³-hybridized carbons (Fsp3) is 0.800. The molecule has 2 atom stereocenters. The van der Waals surface area contributed by atoms with Crippen LogP contribution >= 0.6 is 0 Å². The number of imide groups is 1. The first kappa shape index (κ1) is 9.15. The van der Waals surface area contributed by atoms with Gasteiger partial charge in [0.2, 0.25) is 5.91 Å². The number of nitrogens with zero attached hydrogens (tertiary/aromatic N) is 2. The Morgan fingerprint density at radius 3 is 2.67 bits per heavy atom. The third kappa shape index (κ3) is 1.19. The number of urea groups is 1. The maximum Gasteiger partial charge on any atom is 0.327 e. The van der Waals surface area contributed by atoms with Gasteiger partial charge in [-0.2, -0.15) is 0 Å². The molecule has 1 aliphatic carbocycles. The van der Waals surface area contributed by atoms with E-state index in [1.165, 1.54) is 4.90 Å². The van der Waals surface area contributed by atoms with Gasteiger partial charge in [0.05, 0.1) is 25.2 Å². The van der Waals surface area contributed by atoms with E-state index in [1.54, 1.807) is 11.9 Å². The van der Waals surface area contributed by atoms with Crippen LogP contribution in [-0.4, -0.2) is 54.1 Å². The van der Waals surface area contributed by atoms with Gasteiger partial charge in [-0.15, -0.1) is 0 Å². The first-order valence-electron chi connectivity index (χ1n) is 5.38. The lowest BCUT2D eigenvalue weighted by atomic mass is 9.98. The summed E-state index contributed by atoms with van der Waals surface area (Å²) in [6.45, 7) is 0.960. The van der Waals surface area contributed by atoms with Gasteiger partial charge in [-0.05, 0) is 12.8 Å². The van der Waals surface area contributed by atoms with Crippen molar-refractivity contribution in [2.24, 2.45) is 5.92 Å². The number of hydrogen-bond acceptors (Lipinski definition) is 3. The minimum atomic E-state index is -0.144. The van der Waals surface area contributed by atoms with Gasteiger partial charge in [-0.25, -0.2) is 4.79 Å². The molecule has 3 rings (SSSR count). The van der Waals surface area contributed by atoms with Crippen molar-refractivity contribution in [3.63, 3.8) is 0 Å². The molecule has 0 N–H and O–H groups in total. The smallest absolute Gasteiger partial charge is 0.327 e. The molecule has 15 heavy (non-hydrogen) atoms. The van der Waals surface area contributed by atoms with Crippen LogP contribution in [0.25, 0.3) is 0 Å². The van der Waals surface area contributed by atoms with Crippen LogP contribution in [0.5, 0.6) is 0 Å². The van der Waals surface area contributed by atoms with E-state index in [9.17, 15) is 9.59 Å². The zero-order chi connectivity index (χ0) is 10.6. The monoisotopic (exact) mass is 210 g/mol. The molecular weight excluding hydrogens is 196 g/mol. The summed E-state index contributed by atoms with van der Waals surface area (Å²) in [4.78, 5) is 27.1. The van der Waals surface area contributed by atoms with Crippen LogP contribution in [-0.2, 0) is 9.53 Å². The van der Waals surface area contributed by atoms with Crippen molar-refractivity contribution in [1.29, 1.82) is 0 Å². The molecule has 2 aliphatic heterocycles. The molecule has 5 nitrogen and oxygen atoms in total. The normalized spacial score (nSPS) is 36.1. The summed E-state index contributed by atoms with van der Waals surface area (Å²) in [6.07, 6.45) is 1.92. The number of hydrogen-bond donors (Lipinski definition) is 0. The zero-order valence-corrected chi connectivity index (χ0v) is 8.68. The quantitative estimate of drug-likeness (QED) is 0.615. The van der Waals surface area contributed by atoms with E-state index >= 15 is 0 Å².